The highest BCUT2D eigenvalue weighted by Gasteiger charge is 2.35. The van der Waals surface area contributed by atoms with E-state index in [4.69, 9.17) is 0 Å². The number of nitrogens with one attached hydrogen (secondary N) is 2. The molecule has 6 nitrogen and oxygen atoms in total. The molecule has 2 aromatic carbocycles. The number of hydrogen-bond donors (Lipinski definition) is 2. The Hall–Kier alpha value is -3.15. The minimum Gasteiger partial charge on any atom is -0.312 e. The number of nitrogens with zero attached hydrogens (tertiary/aromatic N) is 1. The van der Waals surface area contributed by atoms with Crippen LogP contribution in [0.15, 0.2) is 48.5 Å². The van der Waals surface area contributed by atoms with Crippen LogP contribution in [0.4, 0.5) is 5.69 Å². The van der Waals surface area contributed by atoms with Crippen molar-refractivity contribution in [3.05, 3.63) is 65.2 Å². The van der Waals surface area contributed by atoms with Gasteiger partial charge in [-0.2, -0.15) is 0 Å². The monoisotopic (exact) mass is 351 g/mol. The zero-order chi connectivity index (χ0) is 18.7. The number of hydrogen-bond acceptors (Lipinski definition) is 3. The summed E-state index contributed by atoms with van der Waals surface area (Å²) in [6.07, 6.45) is 0.125. The van der Waals surface area contributed by atoms with Crippen LogP contribution in [0, 0.1) is 19.8 Å². The van der Waals surface area contributed by atoms with Crippen molar-refractivity contribution in [1.29, 1.82) is 0 Å². The van der Waals surface area contributed by atoms with Crippen molar-refractivity contribution >= 4 is 23.4 Å². The lowest BCUT2D eigenvalue weighted by molar-refractivity contribution is -0.126. The molecule has 1 atom stereocenters. The fraction of sp³-hybridized carbons (Fsp3) is 0.250. The molecular weight excluding hydrogens is 330 g/mol. The zero-order valence-corrected chi connectivity index (χ0v) is 14.8. The lowest BCUT2D eigenvalue weighted by Gasteiger charge is -2.17. The molecule has 1 saturated heterocycles. The molecule has 0 aliphatic carbocycles. The molecule has 134 valence electrons. The highest BCUT2D eigenvalue weighted by molar-refractivity contribution is 6.01. The molecule has 26 heavy (non-hydrogen) atoms. The standard InChI is InChI=1S/C20H21N3O3/c1-13-6-8-17(9-7-13)23-12-16(11-18(23)24)20(26)22-21-19(25)15-5-3-4-14(2)10-15/h3-10,16H,11-12H2,1-2H3,(H,21,25)(H,22,26)/t16-/m1/s1. The summed E-state index contributed by atoms with van der Waals surface area (Å²) in [7, 11) is 0. The molecule has 2 N–H and O–H groups in total. The molecule has 6 heteroatoms. The van der Waals surface area contributed by atoms with E-state index >= 15 is 0 Å². The van der Waals surface area contributed by atoms with Gasteiger partial charge in [0.1, 0.15) is 0 Å². The molecule has 3 rings (SSSR count). The molecule has 2 aromatic rings. The Balaban J connectivity index is 1.58. The molecule has 1 aliphatic heterocycles. The summed E-state index contributed by atoms with van der Waals surface area (Å²) in [4.78, 5) is 38.2. The number of rotatable bonds is 3. The topological polar surface area (TPSA) is 78.5 Å². The summed E-state index contributed by atoms with van der Waals surface area (Å²) in [6, 6.07) is 14.7. The Morgan fingerprint density at radius 2 is 1.73 bits per heavy atom. The summed E-state index contributed by atoms with van der Waals surface area (Å²) in [5.41, 5.74) is 8.14. The van der Waals surface area contributed by atoms with Gasteiger partial charge in [-0.05, 0) is 38.1 Å². The highest BCUT2D eigenvalue weighted by Crippen LogP contribution is 2.25. The predicted octanol–water partition coefficient (Wildman–Crippen LogP) is 2.12. The fourth-order valence-corrected chi connectivity index (χ4v) is 2.94. The predicted molar refractivity (Wildman–Crippen MR) is 98.4 cm³/mol. The Morgan fingerprint density at radius 1 is 1.00 bits per heavy atom. The van der Waals surface area contributed by atoms with E-state index in [1.165, 1.54) is 0 Å². The maximum Gasteiger partial charge on any atom is 0.269 e. The third-order valence-corrected chi connectivity index (χ3v) is 4.42. The van der Waals surface area contributed by atoms with E-state index in [2.05, 4.69) is 10.9 Å². The van der Waals surface area contributed by atoms with Gasteiger partial charge in [-0.1, -0.05) is 35.4 Å². The van der Waals surface area contributed by atoms with Crippen molar-refractivity contribution in [1.82, 2.24) is 10.9 Å². The van der Waals surface area contributed by atoms with Crippen molar-refractivity contribution in [2.75, 3.05) is 11.4 Å². The molecule has 0 radical (unpaired) electrons. The van der Waals surface area contributed by atoms with E-state index < -0.39 is 5.92 Å². The van der Waals surface area contributed by atoms with E-state index in [0.717, 1.165) is 16.8 Å². The third-order valence-electron chi connectivity index (χ3n) is 4.42. The van der Waals surface area contributed by atoms with E-state index in [1.807, 2.05) is 44.2 Å². The van der Waals surface area contributed by atoms with Gasteiger partial charge >= 0.3 is 0 Å². The van der Waals surface area contributed by atoms with Crippen LogP contribution in [0.25, 0.3) is 0 Å². The quantitative estimate of drug-likeness (QED) is 0.832. The Kier molecular flexibility index (Phi) is 5.02. The molecule has 0 saturated carbocycles. The second kappa shape index (κ2) is 7.39. The van der Waals surface area contributed by atoms with Crippen molar-refractivity contribution in [2.45, 2.75) is 20.3 Å². The van der Waals surface area contributed by atoms with Crippen LogP contribution < -0.4 is 15.8 Å². The van der Waals surface area contributed by atoms with Crippen molar-refractivity contribution in [2.24, 2.45) is 5.92 Å². The van der Waals surface area contributed by atoms with Crippen molar-refractivity contribution in [3.63, 3.8) is 0 Å². The van der Waals surface area contributed by atoms with E-state index in [1.54, 1.807) is 23.1 Å². The number of benzene rings is 2. The van der Waals surface area contributed by atoms with Crippen LogP contribution in [0.1, 0.15) is 27.9 Å². The molecule has 0 unspecified atom stereocenters. The molecule has 1 aliphatic rings. The number of carbonyl (C=O) groups is 3. The van der Waals surface area contributed by atoms with Crippen molar-refractivity contribution < 1.29 is 14.4 Å². The van der Waals surface area contributed by atoms with Gasteiger partial charge in [0.15, 0.2) is 0 Å². The molecule has 1 heterocycles. The van der Waals surface area contributed by atoms with Gasteiger partial charge in [-0.3, -0.25) is 25.2 Å². The first-order valence-corrected chi connectivity index (χ1v) is 8.48. The molecular formula is C20H21N3O3. The first-order chi connectivity index (χ1) is 12.4. The molecule has 0 aromatic heterocycles. The van der Waals surface area contributed by atoms with Gasteiger partial charge < -0.3 is 4.90 Å². The van der Waals surface area contributed by atoms with Gasteiger partial charge in [0.05, 0.1) is 5.92 Å². The van der Waals surface area contributed by atoms with E-state index in [0.29, 0.717) is 12.1 Å². The fourth-order valence-electron chi connectivity index (χ4n) is 2.94. The summed E-state index contributed by atoms with van der Waals surface area (Å²) in [5.74, 6) is -1.35. The first-order valence-electron chi connectivity index (χ1n) is 8.48. The molecule has 1 fully saturated rings. The Morgan fingerprint density at radius 3 is 2.42 bits per heavy atom. The number of amides is 3. The third kappa shape index (κ3) is 3.91. The van der Waals surface area contributed by atoms with Gasteiger partial charge in [-0.15, -0.1) is 0 Å². The number of anilines is 1. The van der Waals surface area contributed by atoms with Crippen LogP contribution in [-0.4, -0.2) is 24.3 Å². The van der Waals surface area contributed by atoms with E-state index in [-0.39, 0.29) is 24.1 Å². The average molecular weight is 351 g/mol. The Bertz CT molecular complexity index is 846. The zero-order valence-electron chi connectivity index (χ0n) is 14.8. The second-order valence-corrected chi connectivity index (χ2v) is 6.55. The summed E-state index contributed by atoms with van der Waals surface area (Å²) < 4.78 is 0. The minimum absolute atomic E-state index is 0.0981. The van der Waals surface area contributed by atoms with Gasteiger partial charge in [0.25, 0.3) is 5.91 Å². The van der Waals surface area contributed by atoms with Crippen LogP contribution in [0.2, 0.25) is 0 Å². The second-order valence-electron chi connectivity index (χ2n) is 6.55. The number of hydrazine groups is 1. The minimum atomic E-state index is -0.499. The van der Waals surface area contributed by atoms with Gasteiger partial charge in [-0.25, -0.2) is 0 Å². The number of carbonyl (C=O) groups excluding carboxylic acids is 3. The van der Waals surface area contributed by atoms with Crippen LogP contribution in [0.3, 0.4) is 0 Å². The molecule has 0 spiro atoms. The number of aryl methyl sites for hydroxylation is 2. The van der Waals surface area contributed by atoms with Crippen LogP contribution >= 0.6 is 0 Å². The molecule has 0 bridgehead atoms. The normalized spacial score (nSPS) is 16.5. The van der Waals surface area contributed by atoms with Crippen LogP contribution in [0.5, 0.6) is 0 Å². The van der Waals surface area contributed by atoms with Crippen molar-refractivity contribution in [3.8, 4) is 0 Å². The average Bonchev–Trinajstić information content (AvgIpc) is 3.02. The van der Waals surface area contributed by atoms with Gasteiger partial charge in [0, 0.05) is 24.2 Å². The van der Waals surface area contributed by atoms with Crippen LogP contribution in [-0.2, 0) is 9.59 Å². The van der Waals surface area contributed by atoms with E-state index in [9.17, 15) is 14.4 Å². The maximum absolute atomic E-state index is 12.3. The lowest BCUT2D eigenvalue weighted by Crippen LogP contribution is -2.45. The first kappa shape index (κ1) is 17.7. The smallest absolute Gasteiger partial charge is 0.269 e. The SMILES string of the molecule is Cc1ccc(N2C[C@H](C(=O)NNC(=O)c3cccc(C)c3)CC2=O)cc1. The largest absolute Gasteiger partial charge is 0.312 e. The molecule has 3 amide bonds. The highest BCUT2D eigenvalue weighted by atomic mass is 16.2. The summed E-state index contributed by atoms with van der Waals surface area (Å²) in [6.45, 7) is 4.16. The Labute approximate surface area is 152 Å². The summed E-state index contributed by atoms with van der Waals surface area (Å²) in [5, 5.41) is 0. The van der Waals surface area contributed by atoms with Gasteiger partial charge in [0.2, 0.25) is 11.8 Å². The summed E-state index contributed by atoms with van der Waals surface area (Å²) >= 11 is 0. The lowest BCUT2D eigenvalue weighted by atomic mass is 10.1. The maximum atomic E-state index is 12.3.